The van der Waals surface area contributed by atoms with Gasteiger partial charge in [-0.2, -0.15) is 0 Å². The van der Waals surface area contributed by atoms with Gasteiger partial charge in [0.2, 0.25) is 12.5 Å². The Morgan fingerprint density at radius 1 is 1.16 bits per heavy atom. The number of aliphatic hydroxyl groups is 2. The molecule has 2 aromatic rings. The van der Waals surface area contributed by atoms with Crippen molar-refractivity contribution in [3.05, 3.63) is 52.6 Å². The van der Waals surface area contributed by atoms with Crippen molar-refractivity contribution in [1.82, 2.24) is 15.5 Å². The second kappa shape index (κ2) is 9.20. The number of aliphatic hydroxyl groups excluding tert-OH is 2. The molecule has 1 aliphatic carbocycles. The molecule has 0 radical (unpaired) electrons. The van der Waals surface area contributed by atoms with Crippen LogP contribution in [-0.2, 0) is 6.54 Å². The predicted octanol–water partition coefficient (Wildman–Crippen LogP) is 1.08. The Labute approximate surface area is 214 Å². The van der Waals surface area contributed by atoms with E-state index in [0.29, 0.717) is 11.1 Å². The third-order valence-corrected chi connectivity index (χ3v) is 8.24. The number of hydrogen-bond acceptors (Lipinski definition) is 8. The second-order valence-electron chi connectivity index (χ2n) is 10.5. The summed E-state index contributed by atoms with van der Waals surface area (Å²) >= 11 is 0. The van der Waals surface area contributed by atoms with Crippen LogP contribution in [0.2, 0.25) is 0 Å². The van der Waals surface area contributed by atoms with Gasteiger partial charge in [-0.1, -0.05) is 19.1 Å². The molecule has 10 nitrogen and oxygen atoms in total. The molecule has 5 N–H and O–H groups in total. The van der Waals surface area contributed by atoms with Gasteiger partial charge in [-0.3, -0.25) is 14.5 Å². The van der Waals surface area contributed by atoms with Gasteiger partial charge in [0.15, 0.2) is 11.5 Å². The van der Waals surface area contributed by atoms with Crippen LogP contribution in [0.4, 0.5) is 0 Å². The van der Waals surface area contributed by atoms with E-state index in [2.05, 4.69) is 15.5 Å². The van der Waals surface area contributed by atoms with E-state index in [1.807, 2.05) is 18.2 Å². The standard InChI is InChI=1S/C27H31N3O7/c1-13-20-18(16-10-17-25(37-12-36-17)23(32)19(16)27(35)28-20)21(24(33)22(13)31)29-26(34)15-6-4-5-14(9-15)11-30-7-2-3-8-30/h4-6,9-10,13,18,20-22,24,31-33H,2-3,7-8,11-12H2,1H3,(H,28,35)(H,29,34)/t13-,18+,20-,21+,22-,24-/m0/s1. The van der Waals surface area contributed by atoms with E-state index < -0.39 is 47.9 Å². The maximum absolute atomic E-state index is 13.4. The largest absolute Gasteiger partial charge is 0.504 e. The minimum absolute atomic E-state index is 0.0214. The fourth-order valence-electron chi connectivity index (χ4n) is 6.30. The lowest BCUT2D eigenvalue weighted by atomic mass is 9.66. The monoisotopic (exact) mass is 509 g/mol. The lowest BCUT2D eigenvalue weighted by molar-refractivity contribution is -0.0760. The van der Waals surface area contributed by atoms with E-state index in [1.165, 1.54) is 12.8 Å². The van der Waals surface area contributed by atoms with Crippen LogP contribution in [0, 0.1) is 5.92 Å². The SMILES string of the molecule is C[C@@H]1[C@H](O)[C@@H](O)[C@H](NC(=O)c2cccc(CN3CCCC3)c2)[C@@H]2c3cc4c(c(O)c3C(=O)N[C@@H]12)OCO4. The van der Waals surface area contributed by atoms with E-state index in [4.69, 9.17) is 9.47 Å². The number of nitrogens with zero attached hydrogens (tertiary/aromatic N) is 1. The molecule has 2 amide bonds. The minimum atomic E-state index is -1.30. The number of carbonyl (C=O) groups excluding carboxylic acids is 2. The molecular weight excluding hydrogens is 478 g/mol. The summed E-state index contributed by atoms with van der Waals surface area (Å²) in [6.07, 6.45) is -0.130. The number of rotatable bonds is 4. The number of hydrogen-bond donors (Lipinski definition) is 5. The van der Waals surface area contributed by atoms with Crippen LogP contribution in [0.1, 0.15) is 57.5 Å². The Morgan fingerprint density at radius 3 is 2.73 bits per heavy atom. The molecule has 37 heavy (non-hydrogen) atoms. The topological polar surface area (TPSA) is 141 Å². The van der Waals surface area contributed by atoms with Crippen LogP contribution in [0.25, 0.3) is 0 Å². The van der Waals surface area contributed by atoms with E-state index in [1.54, 1.807) is 19.1 Å². The highest BCUT2D eigenvalue weighted by atomic mass is 16.7. The molecule has 6 atom stereocenters. The van der Waals surface area contributed by atoms with Gasteiger partial charge in [-0.15, -0.1) is 0 Å². The summed E-state index contributed by atoms with van der Waals surface area (Å²) in [5.41, 5.74) is 1.93. The maximum Gasteiger partial charge on any atom is 0.255 e. The molecule has 1 saturated carbocycles. The highest BCUT2D eigenvalue weighted by Gasteiger charge is 2.53. The van der Waals surface area contributed by atoms with Gasteiger partial charge in [0.1, 0.15) is 6.10 Å². The molecule has 0 unspecified atom stereocenters. The van der Waals surface area contributed by atoms with Gasteiger partial charge in [-0.25, -0.2) is 0 Å². The average Bonchev–Trinajstić information content (AvgIpc) is 3.58. The summed E-state index contributed by atoms with van der Waals surface area (Å²) in [4.78, 5) is 28.8. The first kappa shape index (κ1) is 24.0. The third kappa shape index (κ3) is 4.00. The number of phenolic OH excluding ortho intramolecular Hbond substituents is 1. The fraction of sp³-hybridized carbons (Fsp3) is 0.481. The summed E-state index contributed by atoms with van der Waals surface area (Å²) in [5.74, 6) is -2.00. The van der Waals surface area contributed by atoms with Crippen molar-refractivity contribution in [3.63, 3.8) is 0 Å². The number of amides is 2. The molecule has 2 aromatic carbocycles. The van der Waals surface area contributed by atoms with Gasteiger partial charge in [0.05, 0.1) is 17.7 Å². The quantitative estimate of drug-likeness (QED) is 0.413. The van der Waals surface area contributed by atoms with Gasteiger partial charge < -0.3 is 35.4 Å². The van der Waals surface area contributed by atoms with Crippen LogP contribution < -0.4 is 20.1 Å². The van der Waals surface area contributed by atoms with Crippen LogP contribution in [0.5, 0.6) is 17.2 Å². The van der Waals surface area contributed by atoms with E-state index >= 15 is 0 Å². The number of likely N-dealkylation sites (tertiary alicyclic amines) is 1. The molecule has 4 aliphatic rings. The lowest BCUT2D eigenvalue weighted by Gasteiger charge is -2.50. The first-order chi connectivity index (χ1) is 17.8. The molecule has 0 spiro atoms. The van der Waals surface area contributed by atoms with Gasteiger partial charge in [0.25, 0.3) is 11.8 Å². The molecule has 196 valence electrons. The van der Waals surface area contributed by atoms with Crippen molar-refractivity contribution < 1.29 is 34.4 Å². The number of benzene rings is 2. The molecule has 2 fully saturated rings. The zero-order valence-electron chi connectivity index (χ0n) is 20.5. The summed E-state index contributed by atoms with van der Waals surface area (Å²) < 4.78 is 10.8. The van der Waals surface area contributed by atoms with Crippen LogP contribution in [0.3, 0.4) is 0 Å². The number of ether oxygens (including phenoxy) is 2. The van der Waals surface area contributed by atoms with Crippen molar-refractivity contribution in [2.45, 2.75) is 56.5 Å². The summed E-state index contributed by atoms with van der Waals surface area (Å²) in [6, 6.07) is 7.49. The fourth-order valence-corrected chi connectivity index (χ4v) is 6.30. The van der Waals surface area contributed by atoms with E-state index in [9.17, 15) is 24.9 Å². The maximum atomic E-state index is 13.4. The number of phenols is 1. The van der Waals surface area contributed by atoms with Gasteiger partial charge in [0, 0.05) is 30.0 Å². The lowest BCUT2D eigenvalue weighted by Crippen LogP contribution is -2.67. The van der Waals surface area contributed by atoms with Crippen molar-refractivity contribution in [2.75, 3.05) is 19.9 Å². The molecule has 10 heteroatoms. The van der Waals surface area contributed by atoms with Crippen LogP contribution in [-0.4, -0.2) is 76.2 Å². The molecule has 0 aromatic heterocycles. The first-order valence-corrected chi connectivity index (χ1v) is 12.8. The molecule has 3 aliphatic heterocycles. The Kier molecular flexibility index (Phi) is 5.97. The summed E-state index contributed by atoms with van der Waals surface area (Å²) in [7, 11) is 0. The van der Waals surface area contributed by atoms with Crippen LogP contribution >= 0.6 is 0 Å². The molecular formula is C27H31N3O7. The molecule has 0 bridgehead atoms. The van der Waals surface area contributed by atoms with Crippen molar-refractivity contribution in [1.29, 1.82) is 0 Å². The third-order valence-electron chi connectivity index (χ3n) is 8.24. The van der Waals surface area contributed by atoms with Crippen molar-refractivity contribution in [2.24, 2.45) is 5.92 Å². The summed E-state index contributed by atoms with van der Waals surface area (Å²) in [5, 5.41) is 38.6. The van der Waals surface area contributed by atoms with E-state index in [-0.39, 0.29) is 29.6 Å². The Morgan fingerprint density at radius 2 is 1.95 bits per heavy atom. The zero-order chi connectivity index (χ0) is 25.8. The van der Waals surface area contributed by atoms with Crippen molar-refractivity contribution >= 4 is 11.8 Å². The Hall–Kier alpha value is -3.34. The highest BCUT2D eigenvalue weighted by molar-refractivity contribution is 6.02. The van der Waals surface area contributed by atoms with Crippen molar-refractivity contribution in [3.8, 4) is 17.2 Å². The van der Waals surface area contributed by atoms with Gasteiger partial charge in [-0.05, 0) is 55.3 Å². The molecule has 1 saturated heterocycles. The Balaban J connectivity index is 1.34. The highest BCUT2D eigenvalue weighted by Crippen LogP contribution is 2.50. The van der Waals surface area contributed by atoms with Gasteiger partial charge >= 0.3 is 0 Å². The van der Waals surface area contributed by atoms with E-state index in [0.717, 1.165) is 25.2 Å². The molecule has 6 rings (SSSR count). The second-order valence-corrected chi connectivity index (χ2v) is 10.5. The number of fused-ring (bicyclic) bond motifs is 4. The number of carbonyl (C=O) groups is 2. The summed E-state index contributed by atoms with van der Waals surface area (Å²) in [6.45, 7) is 4.50. The number of aromatic hydroxyl groups is 1. The first-order valence-electron chi connectivity index (χ1n) is 12.8. The average molecular weight is 510 g/mol. The Bertz CT molecular complexity index is 1240. The predicted molar refractivity (Wildman–Crippen MR) is 132 cm³/mol. The zero-order valence-corrected chi connectivity index (χ0v) is 20.5. The normalized spacial score (nSPS) is 30.4. The van der Waals surface area contributed by atoms with Crippen LogP contribution in [0.15, 0.2) is 30.3 Å². The minimum Gasteiger partial charge on any atom is -0.504 e. The molecule has 3 heterocycles. The smallest absolute Gasteiger partial charge is 0.255 e. The number of nitrogens with one attached hydrogen (secondary N) is 2.